The summed E-state index contributed by atoms with van der Waals surface area (Å²) in [5, 5.41) is 13.6. The molecule has 86 valence electrons. The van der Waals surface area contributed by atoms with Crippen LogP contribution in [0.25, 0.3) is 16.7 Å². The molecule has 7 heteroatoms. The Hall–Kier alpha value is -2.44. The van der Waals surface area contributed by atoms with Gasteiger partial charge >= 0.3 is 0 Å². The third-order valence-electron chi connectivity index (χ3n) is 2.60. The highest BCUT2D eigenvalue weighted by Gasteiger charge is 2.13. The summed E-state index contributed by atoms with van der Waals surface area (Å²) in [7, 11) is 3.54. The Kier molecular flexibility index (Phi) is 1.88. The molecule has 0 N–H and O–H groups in total. The maximum absolute atomic E-state index is 12.3. The number of rotatable bonds is 1. The third-order valence-corrected chi connectivity index (χ3v) is 2.60. The lowest BCUT2D eigenvalue weighted by Crippen LogP contribution is -2.37. The van der Waals surface area contributed by atoms with E-state index in [0.29, 0.717) is 16.7 Å². The third kappa shape index (κ3) is 1.22. The molecule has 2 aromatic heterocycles. The number of benzene rings is 1. The minimum atomic E-state index is -0.132. The fraction of sp³-hybridized carbons (Fsp3) is 0.200. The summed E-state index contributed by atoms with van der Waals surface area (Å²) in [4.78, 5) is 12.3. The van der Waals surface area contributed by atoms with Gasteiger partial charge in [-0.25, -0.2) is 0 Å². The lowest BCUT2D eigenvalue weighted by Gasteiger charge is -2.16. The van der Waals surface area contributed by atoms with Crippen molar-refractivity contribution in [3.05, 3.63) is 34.6 Å². The Labute approximate surface area is 95.8 Å². The van der Waals surface area contributed by atoms with Gasteiger partial charge in [0.1, 0.15) is 0 Å². The molecule has 0 bridgehead atoms. The van der Waals surface area contributed by atoms with Crippen molar-refractivity contribution in [2.75, 3.05) is 19.1 Å². The van der Waals surface area contributed by atoms with E-state index >= 15 is 0 Å². The molecule has 1 aromatic carbocycles. The van der Waals surface area contributed by atoms with Gasteiger partial charge < -0.3 is 5.01 Å². The quantitative estimate of drug-likeness (QED) is 0.571. The highest BCUT2D eigenvalue weighted by atomic mass is 16.1. The SMILES string of the molecule is CN(C)n1c(=O)c2ccccc2n2nnnc12. The van der Waals surface area contributed by atoms with E-state index in [2.05, 4.69) is 15.5 Å². The fourth-order valence-corrected chi connectivity index (χ4v) is 1.87. The van der Waals surface area contributed by atoms with Gasteiger partial charge in [-0.15, -0.1) is 0 Å². The molecule has 0 aliphatic rings. The standard InChI is InChI=1S/C10H10N6O/c1-14(2)16-9(17)7-5-3-4-6-8(7)15-10(16)11-12-13-15/h3-6H,1-2H3. The molecule has 0 aliphatic heterocycles. The predicted octanol–water partition coefficient (Wildman–Crippen LogP) is -0.363. The molecule has 3 aromatic rings. The van der Waals surface area contributed by atoms with Crippen LogP contribution in [0.2, 0.25) is 0 Å². The minimum absolute atomic E-state index is 0.132. The Morgan fingerprint density at radius 2 is 2.00 bits per heavy atom. The van der Waals surface area contributed by atoms with Gasteiger partial charge in [-0.2, -0.15) is 9.19 Å². The Morgan fingerprint density at radius 1 is 1.24 bits per heavy atom. The lowest BCUT2D eigenvalue weighted by atomic mass is 10.2. The lowest BCUT2D eigenvalue weighted by molar-refractivity contribution is 0.704. The van der Waals surface area contributed by atoms with Crippen molar-refractivity contribution < 1.29 is 0 Å². The zero-order chi connectivity index (χ0) is 12.0. The first-order chi connectivity index (χ1) is 8.20. The van der Waals surface area contributed by atoms with Crippen molar-refractivity contribution in [1.29, 1.82) is 0 Å². The number of hydrogen-bond acceptors (Lipinski definition) is 5. The normalized spacial score (nSPS) is 11.2. The summed E-state index contributed by atoms with van der Waals surface area (Å²) >= 11 is 0. The van der Waals surface area contributed by atoms with Crippen LogP contribution in [0.3, 0.4) is 0 Å². The molecule has 0 fully saturated rings. The average molecular weight is 230 g/mol. The molecule has 0 aliphatic carbocycles. The molecule has 0 saturated heterocycles. The number of aromatic nitrogens is 5. The van der Waals surface area contributed by atoms with Crippen LogP contribution in [0.15, 0.2) is 29.1 Å². The molecule has 0 unspecified atom stereocenters. The highest BCUT2D eigenvalue weighted by Crippen LogP contribution is 2.09. The van der Waals surface area contributed by atoms with E-state index in [9.17, 15) is 4.79 Å². The number of tetrazole rings is 1. The summed E-state index contributed by atoms with van der Waals surface area (Å²) in [6, 6.07) is 7.25. The first-order valence-electron chi connectivity index (χ1n) is 5.09. The van der Waals surface area contributed by atoms with Crippen LogP contribution in [0.4, 0.5) is 0 Å². The van der Waals surface area contributed by atoms with Gasteiger partial charge in [-0.05, 0) is 22.6 Å². The second-order valence-corrected chi connectivity index (χ2v) is 3.87. The highest BCUT2D eigenvalue weighted by molar-refractivity contribution is 5.79. The van der Waals surface area contributed by atoms with Crippen LogP contribution < -0.4 is 10.6 Å². The van der Waals surface area contributed by atoms with E-state index < -0.39 is 0 Å². The monoisotopic (exact) mass is 230 g/mol. The van der Waals surface area contributed by atoms with Gasteiger partial charge in [0, 0.05) is 14.1 Å². The molecule has 0 saturated carbocycles. The van der Waals surface area contributed by atoms with Crippen LogP contribution in [0.5, 0.6) is 0 Å². The molecule has 0 amide bonds. The summed E-state index contributed by atoms with van der Waals surface area (Å²) < 4.78 is 2.99. The van der Waals surface area contributed by atoms with E-state index in [0.717, 1.165) is 0 Å². The molecule has 3 rings (SSSR count). The van der Waals surface area contributed by atoms with E-state index in [-0.39, 0.29) is 5.56 Å². The molecule has 0 spiro atoms. The molecule has 0 atom stereocenters. The fourth-order valence-electron chi connectivity index (χ4n) is 1.87. The van der Waals surface area contributed by atoms with Crippen molar-refractivity contribution in [2.45, 2.75) is 0 Å². The number of hydrogen-bond donors (Lipinski definition) is 0. The summed E-state index contributed by atoms with van der Waals surface area (Å²) in [5.74, 6) is 0.402. The van der Waals surface area contributed by atoms with E-state index in [1.54, 1.807) is 29.7 Å². The van der Waals surface area contributed by atoms with Crippen molar-refractivity contribution in [2.24, 2.45) is 0 Å². The van der Waals surface area contributed by atoms with Crippen LogP contribution in [-0.2, 0) is 0 Å². The van der Waals surface area contributed by atoms with E-state index in [4.69, 9.17) is 0 Å². The van der Waals surface area contributed by atoms with Crippen molar-refractivity contribution in [3.63, 3.8) is 0 Å². The number of nitrogens with zero attached hydrogens (tertiary/aromatic N) is 6. The smallest absolute Gasteiger partial charge is 0.281 e. The van der Waals surface area contributed by atoms with Crippen LogP contribution >= 0.6 is 0 Å². The minimum Gasteiger partial charge on any atom is -0.313 e. The van der Waals surface area contributed by atoms with Gasteiger partial charge in [-0.1, -0.05) is 17.2 Å². The van der Waals surface area contributed by atoms with E-state index in [1.165, 1.54) is 4.68 Å². The predicted molar refractivity (Wildman–Crippen MR) is 62.6 cm³/mol. The van der Waals surface area contributed by atoms with Gasteiger partial charge in [0.2, 0.25) is 0 Å². The second-order valence-electron chi connectivity index (χ2n) is 3.87. The topological polar surface area (TPSA) is 68.3 Å². The molecule has 17 heavy (non-hydrogen) atoms. The summed E-state index contributed by atoms with van der Waals surface area (Å²) in [6.07, 6.45) is 0. The number of fused-ring (bicyclic) bond motifs is 3. The average Bonchev–Trinajstić information content (AvgIpc) is 2.78. The van der Waals surface area contributed by atoms with Gasteiger partial charge in [-0.3, -0.25) is 4.79 Å². The van der Waals surface area contributed by atoms with Gasteiger partial charge in [0.15, 0.2) is 0 Å². The molecule has 2 heterocycles. The van der Waals surface area contributed by atoms with Gasteiger partial charge in [0.05, 0.1) is 10.9 Å². The largest absolute Gasteiger partial charge is 0.313 e. The summed E-state index contributed by atoms with van der Waals surface area (Å²) in [5.41, 5.74) is 0.573. The van der Waals surface area contributed by atoms with Crippen molar-refractivity contribution in [1.82, 2.24) is 24.7 Å². The van der Waals surface area contributed by atoms with Crippen LogP contribution in [-0.4, -0.2) is 38.8 Å². The molecule has 0 radical (unpaired) electrons. The Bertz CT molecular complexity index is 756. The summed E-state index contributed by atoms with van der Waals surface area (Å²) in [6.45, 7) is 0. The van der Waals surface area contributed by atoms with Gasteiger partial charge in [0.25, 0.3) is 11.3 Å². The Morgan fingerprint density at radius 3 is 2.76 bits per heavy atom. The van der Waals surface area contributed by atoms with Crippen molar-refractivity contribution >= 4 is 16.7 Å². The molecule has 7 nitrogen and oxygen atoms in total. The van der Waals surface area contributed by atoms with E-state index in [1.807, 2.05) is 18.2 Å². The maximum atomic E-state index is 12.3. The van der Waals surface area contributed by atoms with Crippen LogP contribution in [0, 0.1) is 0 Å². The maximum Gasteiger partial charge on any atom is 0.281 e. The molecular weight excluding hydrogens is 220 g/mol. The van der Waals surface area contributed by atoms with Crippen LogP contribution in [0.1, 0.15) is 0 Å². The second kappa shape index (κ2) is 3.27. The molecular formula is C10H10N6O. The Balaban J connectivity index is 2.66. The zero-order valence-corrected chi connectivity index (χ0v) is 9.40. The first kappa shape index (κ1) is 9.76. The van der Waals surface area contributed by atoms with Crippen molar-refractivity contribution in [3.8, 4) is 0 Å². The zero-order valence-electron chi connectivity index (χ0n) is 9.40. The number of para-hydroxylation sites is 1. The first-order valence-corrected chi connectivity index (χ1v) is 5.09.